The van der Waals surface area contributed by atoms with E-state index in [-0.39, 0.29) is 5.76 Å². The van der Waals surface area contributed by atoms with Crippen LogP contribution in [0.25, 0.3) is 0 Å². The number of hydrogen-bond acceptors (Lipinski definition) is 6. The fourth-order valence-electron chi connectivity index (χ4n) is 1.60. The van der Waals surface area contributed by atoms with Gasteiger partial charge in [0, 0.05) is 11.8 Å². The highest BCUT2D eigenvalue weighted by molar-refractivity contribution is 6.32. The standard InChI is InChI=1S/C14H13ClN2O5/c1-8-5-12(22-17-8)14(19)21-7-13(18)16-9-3-4-11(20-2)10(15)6-9/h3-6H,7H2,1-2H3,(H,16,18). The minimum absolute atomic E-state index is 0.0576. The maximum absolute atomic E-state index is 11.7. The van der Waals surface area contributed by atoms with E-state index in [1.54, 1.807) is 19.1 Å². The van der Waals surface area contributed by atoms with Crippen molar-refractivity contribution in [1.82, 2.24) is 5.16 Å². The molecule has 0 aliphatic heterocycles. The Labute approximate surface area is 131 Å². The van der Waals surface area contributed by atoms with Crippen molar-refractivity contribution in [2.24, 2.45) is 0 Å². The van der Waals surface area contributed by atoms with Gasteiger partial charge < -0.3 is 19.3 Å². The Morgan fingerprint density at radius 2 is 2.14 bits per heavy atom. The van der Waals surface area contributed by atoms with E-state index in [9.17, 15) is 9.59 Å². The van der Waals surface area contributed by atoms with Gasteiger partial charge in [-0.05, 0) is 25.1 Å². The Morgan fingerprint density at radius 1 is 1.36 bits per heavy atom. The first-order chi connectivity index (χ1) is 10.5. The summed E-state index contributed by atoms with van der Waals surface area (Å²) in [5.41, 5.74) is 1.01. The summed E-state index contributed by atoms with van der Waals surface area (Å²) in [5.74, 6) is -0.834. The molecule has 7 nitrogen and oxygen atoms in total. The number of amides is 1. The van der Waals surface area contributed by atoms with Gasteiger partial charge in [0.1, 0.15) is 5.75 Å². The predicted octanol–water partition coefficient (Wildman–Crippen LogP) is 2.44. The van der Waals surface area contributed by atoms with E-state index in [0.717, 1.165) is 0 Å². The van der Waals surface area contributed by atoms with E-state index in [1.807, 2.05) is 0 Å². The zero-order valence-electron chi connectivity index (χ0n) is 11.9. The molecule has 0 fully saturated rings. The summed E-state index contributed by atoms with van der Waals surface area (Å²) >= 11 is 5.94. The number of methoxy groups -OCH3 is 1. The average molecular weight is 325 g/mol. The summed E-state index contributed by atoms with van der Waals surface area (Å²) in [7, 11) is 1.49. The Balaban J connectivity index is 1.88. The van der Waals surface area contributed by atoms with Crippen LogP contribution in [-0.2, 0) is 9.53 Å². The van der Waals surface area contributed by atoms with Gasteiger partial charge in [0.15, 0.2) is 6.61 Å². The van der Waals surface area contributed by atoms with E-state index in [4.69, 9.17) is 25.6 Å². The van der Waals surface area contributed by atoms with E-state index in [0.29, 0.717) is 22.2 Å². The minimum Gasteiger partial charge on any atom is -0.495 e. The van der Waals surface area contributed by atoms with Gasteiger partial charge in [-0.3, -0.25) is 4.79 Å². The first-order valence-corrected chi connectivity index (χ1v) is 6.61. The Morgan fingerprint density at radius 3 is 2.73 bits per heavy atom. The third-order valence-electron chi connectivity index (χ3n) is 2.60. The minimum atomic E-state index is -0.761. The molecule has 2 aromatic rings. The highest BCUT2D eigenvalue weighted by Crippen LogP contribution is 2.27. The van der Waals surface area contributed by atoms with Crippen molar-refractivity contribution in [3.8, 4) is 5.75 Å². The topological polar surface area (TPSA) is 90.7 Å². The molecule has 0 aliphatic carbocycles. The molecule has 116 valence electrons. The lowest BCUT2D eigenvalue weighted by atomic mass is 10.3. The average Bonchev–Trinajstić information content (AvgIpc) is 2.91. The van der Waals surface area contributed by atoms with E-state index in [2.05, 4.69) is 10.5 Å². The van der Waals surface area contributed by atoms with Gasteiger partial charge in [0.05, 0.1) is 17.8 Å². The van der Waals surface area contributed by atoms with Crippen LogP contribution in [0.3, 0.4) is 0 Å². The van der Waals surface area contributed by atoms with Gasteiger partial charge in [0.25, 0.3) is 5.91 Å². The van der Waals surface area contributed by atoms with Crippen molar-refractivity contribution in [3.63, 3.8) is 0 Å². The maximum Gasteiger partial charge on any atom is 0.377 e. The summed E-state index contributed by atoms with van der Waals surface area (Å²) in [6.45, 7) is 1.21. The van der Waals surface area contributed by atoms with Crippen molar-refractivity contribution >= 4 is 29.2 Å². The second kappa shape index (κ2) is 6.95. The van der Waals surface area contributed by atoms with Crippen molar-refractivity contribution in [1.29, 1.82) is 0 Å². The molecule has 1 aromatic carbocycles. The first-order valence-electron chi connectivity index (χ1n) is 6.23. The zero-order valence-corrected chi connectivity index (χ0v) is 12.6. The summed E-state index contributed by atoms with van der Waals surface area (Å²) in [6.07, 6.45) is 0. The van der Waals surface area contributed by atoms with E-state index in [1.165, 1.54) is 19.2 Å². The third-order valence-corrected chi connectivity index (χ3v) is 2.89. The highest BCUT2D eigenvalue weighted by atomic mass is 35.5. The number of carbonyl (C=O) groups is 2. The number of rotatable bonds is 5. The van der Waals surface area contributed by atoms with Crippen LogP contribution in [0.1, 0.15) is 16.2 Å². The Kier molecular flexibility index (Phi) is 5.00. The number of halogens is 1. The zero-order chi connectivity index (χ0) is 16.1. The SMILES string of the molecule is COc1ccc(NC(=O)COC(=O)c2cc(C)no2)cc1Cl. The van der Waals surface area contributed by atoms with Crippen LogP contribution < -0.4 is 10.1 Å². The Bertz CT molecular complexity index is 698. The largest absolute Gasteiger partial charge is 0.495 e. The number of ether oxygens (including phenoxy) is 2. The van der Waals surface area contributed by atoms with Crippen molar-refractivity contribution < 1.29 is 23.6 Å². The molecule has 0 saturated carbocycles. The molecule has 0 aliphatic rings. The van der Waals surface area contributed by atoms with Crippen LogP contribution >= 0.6 is 11.6 Å². The summed E-state index contributed by atoms with van der Waals surface area (Å²) < 4.78 is 14.5. The molecule has 0 atom stereocenters. The number of aryl methyl sites for hydroxylation is 1. The monoisotopic (exact) mass is 324 g/mol. The Hall–Kier alpha value is -2.54. The van der Waals surface area contributed by atoms with Crippen LogP contribution in [0.15, 0.2) is 28.8 Å². The molecule has 1 N–H and O–H groups in total. The third kappa shape index (κ3) is 3.98. The summed E-state index contributed by atoms with van der Waals surface area (Å²) in [4.78, 5) is 23.3. The molecule has 22 heavy (non-hydrogen) atoms. The molecule has 1 aromatic heterocycles. The molecule has 0 spiro atoms. The van der Waals surface area contributed by atoms with Crippen LogP contribution in [0, 0.1) is 6.92 Å². The normalized spacial score (nSPS) is 10.1. The quantitative estimate of drug-likeness (QED) is 0.849. The van der Waals surface area contributed by atoms with Gasteiger partial charge >= 0.3 is 5.97 Å². The summed E-state index contributed by atoms with van der Waals surface area (Å²) in [5, 5.41) is 6.46. The lowest BCUT2D eigenvalue weighted by Gasteiger charge is -2.08. The van der Waals surface area contributed by atoms with Gasteiger partial charge in [-0.1, -0.05) is 16.8 Å². The molecule has 0 bridgehead atoms. The molecule has 1 amide bonds. The molecule has 0 saturated heterocycles. The van der Waals surface area contributed by atoms with Crippen LogP contribution in [-0.4, -0.2) is 30.7 Å². The number of esters is 1. The lowest BCUT2D eigenvalue weighted by molar-refractivity contribution is -0.119. The fraction of sp³-hybridized carbons (Fsp3) is 0.214. The van der Waals surface area contributed by atoms with Crippen LogP contribution in [0.4, 0.5) is 5.69 Å². The number of anilines is 1. The number of aromatic nitrogens is 1. The number of nitrogens with zero attached hydrogens (tertiary/aromatic N) is 1. The van der Waals surface area contributed by atoms with Gasteiger partial charge in [-0.2, -0.15) is 0 Å². The van der Waals surface area contributed by atoms with E-state index >= 15 is 0 Å². The van der Waals surface area contributed by atoms with Gasteiger partial charge in [0.2, 0.25) is 5.76 Å². The molecule has 0 radical (unpaired) electrons. The summed E-state index contributed by atoms with van der Waals surface area (Å²) in [6, 6.07) is 6.18. The van der Waals surface area contributed by atoms with Gasteiger partial charge in [-0.15, -0.1) is 0 Å². The molecular formula is C14H13ClN2O5. The number of benzene rings is 1. The first kappa shape index (κ1) is 15.8. The lowest BCUT2D eigenvalue weighted by Crippen LogP contribution is -2.20. The molecular weight excluding hydrogens is 312 g/mol. The number of nitrogens with one attached hydrogen (secondary N) is 1. The molecule has 8 heteroatoms. The van der Waals surface area contributed by atoms with Crippen LogP contribution in [0.5, 0.6) is 5.75 Å². The predicted molar refractivity (Wildman–Crippen MR) is 78.2 cm³/mol. The molecule has 1 heterocycles. The molecule has 2 rings (SSSR count). The fourth-order valence-corrected chi connectivity index (χ4v) is 1.86. The van der Waals surface area contributed by atoms with Gasteiger partial charge in [-0.25, -0.2) is 4.79 Å². The van der Waals surface area contributed by atoms with Crippen molar-refractivity contribution in [3.05, 3.63) is 40.7 Å². The van der Waals surface area contributed by atoms with Crippen molar-refractivity contribution in [2.75, 3.05) is 19.0 Å². The van der Waals surface area contributed by atoms with Crippen LogP contribution in [0.2, 0.25) is 5.02 Å². The highest BCUT2D eigenvalue weighted by Gasteiger charge is 2.15. The van der Waals surface area contributed by atoms with Crippen molar-refractivity contribution in [2.45, 2.75) is 6.92 Å². The maximum atomic E-state index is 11.7. The van der Waals surface area contributed by atoms with E-state index < -0.39 is 18.5 Å². The smallest absolute Gasteiger partial charge is 0.377 e. The number of hydrogen-bond donors (Lipinski definition) is 1. The number of carbonyl (C=O) groups excluding carboxylic acids is 2. The second-order valence-electron chi connectivity index (χ2n) is 4.31. The second-order valence-corrected chi connectivity index (χ2v) is 4.71. The molecule has 0 unspecified atom stereocenters.